The molecule has 2 aromatic carbocycles. The summed E-state index contributed by atoms with van der Waals surface area (Å²) < 4.78 is 2.02. The Labute approximate surface area is 159 Å². The average molecular weight is 360 g/mol. The lowest BCUT2D eigenvalue weighted by molar-refractivity contribution is -0.120. The number of amides is 1. The van der Waals surface area contributed by atoms with Crippen molar-refractivity contribution in [2.24, 2.45) is 0 Å². The third kappa shape index (κ3) is 3.93. The highest BCUT2D eigenvalue weighted by molar-refractivity contribution is 5.95. The Hall–Kier alpha value is -2.92. The lowest BCUT2D eigenvalue weighted by atomic mass is 10.1. The van der Waals surface area contributed by atoms with Crippen molar-refractivity contribution in [3.8, 4) is 5.69 Å². The van der Waals surface area contributed by atoms with Gasteiger partial charge in [-0.25, -0.2) is 4.98 Å². The molecule has 0 aliphatic carbocycles. The summed E-state index contributed by atoms with van der Waals surface area (Å²) >= 11 is 0. The minimum atomic E-state index is -0.0687. The fourth-order valence-electron chi connectivity index (χ4n) is 3.71. The lowest BCUT2D eigenvalue weighted by Crippen LogP contribution is -2.39. The molecule has 4 rings (SSSR count). The summed E-state index contributed by atoms with van der Waals surface area (Å²) in [6.07, 6.45) is 5.68. The summed E-state index contributed by atoms with van der Waals surface area (Å²) in [4.78, 5) is 19.3. The number of hydrogen-bond acceptors (Lipinski definition) is 3. The molecular formula is C22H24N4O. The molecule has 1 saturated heterocycles. The van der Waals surface area contributed by atoms with Gasteiger partial charge in [-0.05, 0) is 56.1 Å². The summed E-state index contributed by atoms with van der Waals surface area (Å²) in [5.41, 5.74) is 3.11. The van der Waals surface area contributed by atoms with E-state index in [9.17, 15) is 4.79 Å². The van der Waals surface area contributed by atoms with Gasteiger partial charge in [0, 0.05) is 30.3 Å². The molecule has 27 heavy (non-hydrogen) atoms. The van der Waals surface area contributed by atoms with Crippen molar-refractivity contribution in [2.75, 3.05) is 11.9 Å². The molecule has 1 fully saturated rings. The quantitative estimate of drug-likeness (QED) is 0.753. The number of aryl methyl sites for hydroxylation is 1. The summed E-state index contributed by atoms with van der Waals surface area (Å²) in [5, 5.41) is 3.08. The van der Waals surface area contributed by atoms with E-state index in [2.05, 4.69) is 27.3 Å². The predicted octanol–water partition coefficient (Wildman–Crippen LogP) is 3.78. The molecule has 5 heteroatoms. The molecule has 138 valence electrons. The van der Waals surface area contributed by atoms with E-state index in [4.69, 9.17) is 0 Å². The number of carbonyl (C=O) groups excluding carboxylic acids is 1. The van der Waals surface area contributed by atoms with Crippen LogP contribution < -0.4 is 5.32 Å². The first-order valence-corrected chi connectivity index (χ1v) is 9.40. The number of aromatic nitrogens is 2. The molecule has 1 aliphatic rings. The van der Waals surface area contributed by atoms with Crippen molar-refractivity contribution < 1.29 is 4.79 Å². The number of hydrogen-bond donors (Lipinski definition) is 1. The SMILES string of the molecule is Cc1nccn1-c1ccc(NC(=O)C2CCCN2Cc2ccccc2)cc1. The third-order valence-electron chi connectivity index (χ3n) is 5.13. The number of rotatable bonds is 5. The highest BCUT2D eigenvalue weighted by Crippen LogP contribution is 2.22. The molecule has 1 N–H and O–H groups in total. The molecule has 2 heterocycles. The molecule has 1 unspecified atom stereocenters. The molecule has 1 amide bonds. The van der Waals surface area contributed by atoms with Crippen molar-refractivity contribution in [3.05, 3.63) is 78.4 Å². The summed E-state index contributed by atoms with van der Waals surface area (Å²) in [6.45, 7) is 3.75. The van der Waals surface area contributed by atoms with E-state index in [0.717, 1.165) is 43.1 Å². The Morgan fingerprint density at radius 2 is 1.93 bits per heavy atom. The van der Waals surface area contributed by atoms with Crippen LogP contribution in [0.4, 0.5) is 5.69 Å². The third-order valence-corrected chi connectivity index (χ3v) is 5.13. The van der Waals surface area contributed by atoms with E-state index in [0.29, 0.717) is 0 Å². The number of anilines is 1. The Bertz CT molecular complexity index is 902. The highest BCUT2D eigenvalue weighted by Gasteiger charge is 2.30. The van der Waals surface area contributed by atoms with Crippen LogP contribution in [0.1, 0.15) is 24.2 Å². The second-order valence-corrected chi connectivity index (χ2v) is 6.99. The van der Waals surface area contributed by atoms with Gasteiger partial charge in [0.15, 0.2) is 0 Å². The van der Waals surface area contributed by atoms with E-state index in [1.165, 1.54) is 5.56 Å². The van der Waals surface area contributed by atoms with Gasteiger partial charge in [0.05, 0.1) is 6.04 Å². The first-order chi connectivity index (χ1) is 13.2. The molecular weight excluding hydrogens is 336 g/mol. The second kappa shape index (κ2) is 7.76. The summed E-state index contributed by atoms with van der Waals surface area (Å²) in [7, 11) is 0. The van der Waals surface area contributed by atoms with Gasteiger partial charge in [0.25, 0.3) is 0 Å². The van der Waals surface area contributed by atoms with E-state index in [-0.39, 0.29) is 11.9 Å². The monoisotopic (exact) mass is 360 g/mol. The van der Waals surface area contributed by atoms with Crippen molar-refractivity contribution in [3.63, 3.8) is 0 Å². The zero-order chi connectivity index (χ0) is 18.6. The van der Waals surface area contributed by atoms with Crippen molar-refractivity contribution in [1.82, 2.24) is 14.5 Å². The molecule has 1 atom stereocenters. The van der Waals surface area contributed by atoms with Gasteiger partial charge in [0.2, 0.25) is 5.91 Å². The van der Waals surface area contributed by atoms with Gasteiger partial charge in [-0.1, -0.05) is 30.3 Å². The normalized spacial score (nSPS) is 17.1. The molecule has 0 saturated carbocycles. The van der Waals surface area contributed by atoms with Gasteiger partial charge in [-0.3, -0.25) is 9.69 Å². The van der Waals surface area contributed by atoms with Gasteiger partial charge in [0.1, 0.15) is 5.82 Å². The maximum Gasteiger partial charge on any atom is 0.241 e. The molecule has 0 radical (unpaired) electrons. The topological polar surface area (TPSA) is 50.2 Å². The zero-order valence-corrected chi connectivity index (χ0v) is 15.5. The Balaban J connectivity index is 1.41. The van der Waals surface area contributed by atoms with Crippen LogP contribution in [0.5, 0.6) is 0 Å². The van der Waals surface area contributed by atoms with Gasteiger partial charge >= 0.3 is 0 Å². The van der Waals surface area contributed by atoms with E-state index in [1.54, 1.807) is 6.20 Å². The summed E-state index contributed by atoms with van der Waals surface area (Å²) in [6, 6.07) is 18.2. The standard InChI is InChI=1S/C22H24N4O/c1-17-23-13-15-26(17)20-11-9-19(10-12-20)24-22(27)21-8-5-14-25(21)16-18-6-3-2-4-7-18/h2-4,6-7,9-13,15,21H,5,8,14,16H2,1H3,(H,24,27). The second-order valence-electron chi connectivity index (χ2n) is 6.99. The number of nitrogens with one attached hydrogen (secondary N) is 1. The fraction of sp³-hybridized carbons (Fsp3) is 0.273. The number of nitrogens with zero attached hydrogens (tertiary/aromatic N) is 3. The van der Waals surface area contributed by atoms with E-state index >= 15 is 0 Å². The van der Waals surface area contributed by atoms with Crippen LogP contribution in [0.3, 0.4) is 0 Å². The molecule has 1 aliphatic heterocycles. The predicted molar refractivity (Wildman–Crippen MR) is 107 cm³/mol. The molecule has 3 aromatic rings. The number of likely N-dealkylation sites (tertiary alicyclic amines) is 1. The van der Waals surface area contributed by atoms with Crippen LogP contribution in [-0.4, -0.2) is 32.9 Å². The number of benzene rings is 2. The molecule has 5 nitrogen and oxygen atoms in total. The van der Waals surface area contributed by atoms with Gasteiger partial charge in [-0.15, -0.1) is 0 Å². The van der Waals surface area contributed by atoms with Crippen LogP contribution in [-0.2, 0) is 11.3 Å². The number of imidazole rings is 1. The maximum absolute atomic E-state index is 12.8. The minimum absolute atomic E-state index is 0.0687. The highest BCUT2D eigenvalue weighted by atomic mass is 16.2. The van der Waals surface area contributed by atoms with Gasteiger partial charge < -0.3 is 9.88 Å². The first kappa shape index (κ1) is 17.5. The molecule has 0 bridgehead atoms. The maximum atomic E-state index is 12.8. The first-order valence-electron chi connectivity index (χ1n) is 9.40. The fourth-order valence-corrected chi connectivity index (χ4v) is 3.71. The van der Waals surface area contributed by atoms with Crippen molar-refractivity contribution in [1.29, 1.82) is 0 Å². The van der Waals surface area contributed by atoms with Crippen molar-refractivity contribution >= 4 is 11.6 Å². The summed E-state index contributed by atoms with van der Waals surface area (Å²) in [5.74, 6) is 1.02. The van der Waals surface area contributed by atoms with Crippen LogP contribution >= 0.6 is 0 Å². The van der Waals surface area contributed by atoms with Crippen LogP contribution in [0, 0.1) is 6.92 Å². The molecule has 1 aromatic heterocycles. The minimum Gasteiger partial charge on any atom is -0.325 e. The Morgan fingerprint density at radius 1 is 1.15 bits per heavy atom. The van der Waals surface area contributed by atoms with Crippen LogP contribution in [0.15, 0.2) is 67.0 Å². The smallest absolute Gasteiger partial charge is 0.241 e. The lowest BCUT2D eigenvalue weighted by Gasteiger charge is -2.23. The van der Waals surface area contributed by atoms with E-state index < -0.39 is 0 Å². The van der Waals surface area contributed by atoms with Crippen molar-refractivity contribution in [2.45, 2.75) is 32.4 Å². The average Bonchev–Trinajstić information content (AvgIpc) is 3.32. The van der Waals surface area contributed by atoms with Gasteiger partial charge in [-0.2, -0.15) is 0 Å². The Morgan fingerprint density at radius 3 is 2.63 bits per heavy atom. The zero-order valence-electron chi connectivity index (χ0n) is 15.5. The largest absolute Gasteiger partial charge is 0.325 e. The number of carbonyl (C=O) groups is 1. The van der Waals surface area contributed by atoms with Crippen LogP contribution in [0.25, 0.3) is 5.69 Å². The van der Waals surface area contributed by atoms with Crippen LogP contribution in [0.2, 0.25) is 0 Å². The Kier molecular flexibility index (Phi) is 5.03. The molecule has 0 spiro atoms. The van der Waals surface area contributed by atoms with E-state index in [1.807, 2.05) is 60.2 Å².